The van der Waals surface area contributed by atoms with Crippen molar-refractivity contribution in [1.82, 2.24) is 38.2 Å². The molecule has 0 aliphatic rings. The minimum absolute atomic E-state index is 0.701. The van der Waals surface area contributed by atoms with E-state index in [1.807, 2.05) is 60.7 Å². The van der Waals surface area contributed by atoms with Crippen LogP contribution in [0.15, 0.2) is 461 Å². The number of rotatable bonds is 14. The van der Waals surface area contributed by atoms with E-state index in [9.17, 15) is 0 Å². The third-order valence-electron chi connectivity index (χ3n) is 24.3. The molecular formula is C116H76N8. The molecule has 18 aromatic carbocycles. The number of nitrogens with zero attached hydrogens (tertiary/aromatic N) is 8. The molecule has 580 valence electrons. The highest BCUT2D eigenvalue weighted by Crippen LogP contribution is 2.43. The predicted octanol–water partition coefficient (Wildman–Crippen LogP) is 30.0. The molecule has 0 aliphatic heterocycles. The van der Waals surface area contributed by atoms with Gasteiger partial charge >= 0.3 is 0 Å². The quantitative estimate of drug-likeness (QED) is 0.109. The molecule has 24 rings (SSSR count). The van der Waals surface area contributed by atoms with Crippen LogP contribution in [0.4, 0.5) is 0 Å². The van der Waals surface area contributed by atoms with E-state index in [1.165, 1.54) is 126 Å². The second-order valence-electron chi connectivity index (χ2n) is 31.6. The summed E-state index contributed by atoms with van der Waals surface area (Å²) >= 11 is 0. The van der Waals surface area contributed by atoms with Crippen LogP contribution in [0.2, 0.25) is 0 Å². The molecule has 8 nitrogen and oxygen atoms in total. The molecule has 0 fully saturated rings. The Labute approximate surface area is 716 Å². The van der Waals surface area contributed by atoms with Crippen LogP contribution in [-0.2, 0) is 0 Å². The lowest BCUT2D eigenvalue weighted by Crippen LogP contribution is -1.97. The van der Waals surface area contributed by atoms with Gasteiger partial charge in [0.2, 0.25) is 0 Å². The Morgan fingerprint density at radius 1 is 0.121 bits per heavy atom. The van der Waals surface area contributed by atoms with Crippen LogP contribution in [0.25, 0.3) is 222 Å². The number of para-hydroxylation sites is 5. The maximum Gasteiger partial charge on any atom is 0.160 e. The standard InChI is InChI=1S/2C58H38N4/c1-4-15-39(16-5-1)42-19-14-20-45(35-42)53-38-52(59-58(60-53)41-17-6-2-7-18-41)40-27-31-47(32-28-40)62-55-26-13-11-24-49(55)51-37-44(30-34-57(51)62)43-29-33-56-50(36-43)48-23-10-12-25-54(48)61(56)46-21-8-3-9-22-46;1-4-14-39(15-5-1)40-24-30-46(31-25-40)61-54-22-12-10-20-48(54)50-36-44(28-34-56(50)61)45-29-35-57-51(37-45)49-21-11-13-23-55(49)62(57)47-32-26-42(27-33-47)53-38-52(41-16-6-2-7-17-41)59-58(60-53)43-18-8-3-9-19-43/h2*1-38H. The molecule has 0 atom stereocenters. The fourth-order valence-corrected chi connectivity index (χ4v) is 18.3. The molecule has 6 heterocycles. The van der Waals surface area contributed by atoms with Gasteiger partial charge < -0.3 is 18.3 Å². The molecule has 0 radical (unpaired) electrons. The summed E-state index contributed by atoms with van der Waals surface area (Å²) in [6.07, 6.45) is 0. The minimum Gasteiger partial charge on any atom is -0.309 e. The summed E-state index contributed by atoms with van der Waals surface area (Å²) < 4.78 is 9.52. The van der Waals surface area contributed by atoms with Crippen molar-refractivity contribution in [2.75, 3.05) is 0 Å². The van der Waals surface area contributed by atoms with Gasteiger partial charge in [-0.1, -0.05) is 322 Å². The predicted molar refractivity (Wildman–Crippen MR) is 516 cm³/mol. The molecule has 0 amide bonds. The number of hydrogen-bond donors (Lipinski definition) is 0. The summed E-state index contributed by atoms with van der Waals surface area (Å²) in [5.41, 5.74) is 33.2. The maximum atomic E-state index is 5.14. The summed E-state index contributed by atoms with van der Waals surface area (Å²) in [6, 6.07) is 164. The van der Waals surface area contributed by atoms with Crippen LogP contribution in [0.3, 0.4) is 0 Å². The van der Waals surface area contributed by atoms with E-state index in [2.05, 4.69) is 419 Å². The van der Waals surface area contributed by atoms with E-state index in [-0.39, 0.29) is 0 Å². The zero-order valence-corrected chi connectivity index (χ0v) is 67.5. The molecule has 0 N–H and O–H groups in total. The van der Waals surface area contributed by atoms with Crippen LogP contribution in [0.5, 0.6) is 0 Å². The Bertz CT molecular complexity index is 8100. The van der Waals surface area contributed by atoms with Gasteiger partial charge in [-0.15, -0.1) is 0 Å². The summed E-state index contributed by atoms with van der Waals surface area (Å²) in [6.45, 7) is 0. The number of fused-ring (bicyclic) bond motifs is 12. The van der Waals surface area contributed by atoms with Gasteiger partial charge in [0, 0.05) is 99.2 Å². The average Bonchev–Trinajstić information content (AvgIpc) is 1.59. The summed E-state index contributed by atoms with van der Waals surface area (Å²) in [5.74, 6) is 1.41. The molecule has 0 saturated carbocycles. The second kappa shape index (κ2) is 30.9. The highest BCUT2D eigenvalue weighted by Gasteiger charge is 2.22. The molecule has 8 heteroatoms. The first-order valence-corrected chi connectivity index (χ1v) is 42.1. The lowest BCUT2D eigenvalue weighted by molar-refractivity contribution is 1.17. The Balaban J connectivity index is 0.000000143. The van der Waals surface area contributed by atoms with Crippen LogP contribution in [0.1, 0.15) is 0 Å². The van der Waals surface area contributed by atoms with Gasteiger partial charge in [0.1, 0.15) is 0 Å². The van der Waals surface area contributed by atoms with Gasteiger partial charge in [-0.05, 0) is 184 Å². The van der Waals surface area contributed by atoms with Gasteiger partial charge in [0.25, 0.3) is 0 Å². The van der Waals surface area contributed by atoms with Crippen molar-refractivity contribution in [1.29, 1.82) is 0 Å². The topological polar surface area (TPSA) is 71.3 Å². The fraction of sp³-hybridized carbons (Fsp3) is 0. The van der Waals surface area contributed by atoms with Crippen molar-refractivity contribution in [3.63, 3.8) is 0 Å². The molecular weight excluding hydrogens is 1510 g/mol. The van der Waals surface area contributed by atoms with Gasteiger partial charge in [-0.3, -0.25) is 0 Å². The van der Waals surface area contributed by atoms with Crippen LogP contribution >= 0.6 is 0 Å². The third-order valence-corrected chi connectivity index (χ3v) is 24.3. The van der Waals surface area contributed by atoms with Crippen molar-refractivity contribution in [3.05, 3.63) is 461 Å². The van der Waals surface area contributed by atoms with Gasteiger partial charge in [0.15, 0.2) is 11.6 Å². The zero-order valence-electron chi connectivity index (χ0n) is 67.5. The third kappa shape index (κ3) is 13.1. The second-order valence-corrected chi connectivity index (χ2v) is 31.6. The minimum atomic E-state index is 0.701. The molecule has 6 aromatic heterocycles. The molecule has 124 heavy (non-hydrogen) atoms. The zero-order chi connectivity index (χ0) is 82.0. The van der Waals surface area contributed by atoms with Gasteiger partial charge in [0.05, 0.1) is 66.9 Å². The SMILES string of the molecule is c1ccc(-c2ccc(-n3c4ccccc4c4cc(-c5ccc6c(c5)c5ccccc5n6-c5ccc(-c6cc(-c7ccccc7)nc(-c7ccccc7)n6)cc5)ccc43)cc2)cc1.c1ccc(-c2cccc(-c3cc(-c4ccc(-n5c6ccccc6c6cc(-c7ccc8c(c7)c7ccccc7n8-c7ccccc7)ccc65)cc4)nc(-c4ccccc4)n3)c2)cc1. The molecule has 0 saturated heterocycles. The molecule has 24 aromatic rings. The maximum absolute atomic E-state index is 5.14. The Hall–Kier alpha value is -16.7. The van der Waals surface area contributed by atoms with E-state index in [1.54, 1.807) is 0 Å². The Morgan fingerprint density at radius 2 is 0.331 bits per heavy atom. The lowest BCUT2D eigenvalue weighted by Gasteiger charge is -2.12. The van der Waals surface area contributed by atoms with E-state index in [0.29, 0.717) is 11.6 Å². The smallest absolute Gasteiger partial charge is 0.160 e. The van der Waals surface area contributed by atoms with Crippen molar-refractivity contribution in [2.45, 2.75) is 0 Å². The van der Waals surface area contributed by atoms with Crippen molar-refractivity contribution in [3.8, 4) is 135 Å². The van der Waals surface area contributed by atoms with Crippen molar-refractivity contribution >= 4 is 87.2 Å². The average molecular weight is 1580 g/mol. The van der Waals surface area contributed by atoms with E-state index in [0.717, 1.165) is 84.5 Å². The van der Waals surface area contributed by atoms with E-state index >= 15 is 0 Å². The monoisotopic (exact) mass is 1580 g/mol. The molecule has 0 spiro atoms. The Kier molecular flexibility index (Phi) is 18.1. The summed E-state index contributed by atoms with van der Waals surface area (Å²) in [4.78, 5) is 20.3. The van der Waals surface area contributed by atoms with Crippen LogP contribution in [0, 0.1) is 0 Å². The van der Waals surface area contributed by atoms with Crippen LogP contribution < -0.4 is 0 Å². The van der Waals surface area contributed by atoms with Crippen molar-refractivity contribution < 1.29 is 0 Å². The molecule has 0 bridgehead atoms. The van der Waals surface area contributed by atoms with Crippen molar-refractivity contribution in [2.24, 2.45) is 0 Å². The number of aromatic nitrogens is 8. The summed E-state index contributed by atoms with van der Waals surface area (Å²) in [5, 5.41) is 9.87. The van der Waals surface area contributed by atoms with Gasteiger partial charge in [-0.2, -0.15) is 0 Å². The van der Waals surface area contributed by atoms with E-state index in [4.69, 9.17) is 19.9 Å². The first kappa shape index (κ1) is 72.5. The highest BCUT2D eigenvalue weighted by molar-refractivity contribution is 6.15. The highest BCUT2D eigenvalue weighted by atomic mass is 15.0. The van der Waals surface area contributed by atoms with E-state index < -0.39 is 0 Å². The van der Waals surface area contributed by atoms with Gasteiger partial charge in [-0.25, -0.2) is 19.9 Å². The fourth-order valence-electron chi connectivity index (χ4n) is 18.3. The van der Waals surface area contributed by atoms with Crippen LogP contribution in [-0.4, -0.2) is 38.2 Å². The largest absolute Gasteiger partial charge is 0.309 e. The normalized spacial score (nSPS) is 11.5. The first-order valence-electron chi connectivity index (χ1n) is 42.1. The molecule has 0 aliphatic carbocycles. The Morgan fingerprint density at radius 3 is 0.669 bits per heavy atom. The molecule has 0 unspecified atom stereocenters. The lowest BCUT2D eigenvalue weighted by atomic mass is 10.0. The number of benzene rings is 18. The first-order chi connectivity index (χ1) is 61.5. The summed E-state index contributed by atoms with van der Waals surface area (Å²) in [7, 11) is 0. The number of hydrogen-bond acceptors (Lipinski definition) is 4.